The summed E-state index contributed by atoms with van der Waals surface area (Å²) in [5, 5.41) is 0. The Morgan fingerprint density at radius 3 is 2.17 bits per heavy atom. The molecule has 1 fully saturated rings. The number of methoxy groups -OCH3 is 1. The van der Waals surface area contributed by atoms with Crippen LogP contribution < -0.4 is 9.47 Å². The Kier molecular flexibility index (Phi) is 6.23. The summed E-state index contributed by atoms with van der Waals surface area (Å²) >= 11 is 0. The van der Waals surface area contributed by atoms with Crippen LogP contribution in [0.1, 0.15) is 67.2 Å². The number of hydrogen-bond donors (Lipinski definition) is 0. The number of Topliss-reactive ketones (excluding diaryl/α,β-unsaturated/α-hetero) is 1. The van der Waals surface area contributed by atoms with Gasteiger partial charge in [0.25, 0.3) is 5.91 Å². The maximum absolute atomic E-state index is 12.8. The second-order valence-electron chi connectivity index (χ2n) is 6.11. The van der Waals surface area contributed by atoms with Crippen LogP contribution in [0.5, 0.6) is 11.5 Å². The van der Waals surface area contributed by atoms with E-state index in [0.29, 0.717) is 35.7 Å². The SMILES string of the molecule is CCN(CC)C(=O)c1cc(OC2CCCC2)c(OC)cc1C(C)=O. The quantitative estimate of drug-likeness (QED) is 0.714. The Hall–Kier alpha value is -2.04. The largest absolute Gasteiger partial charge is 0.493 e. The fraction of sp³-hybridized carbons (Fsp3) is 0.579. The highest BCUT2D eigenvalue weighted by atomic mass is 16.5. The van der Waals surface area contributed by atoms with Gasteiger partial charge in [-0.1, -0.05) is 0 Å². The number of hydrogen-bond acceptors (Lipinski definition) is 4. The predicted molar refractivity (Wildman–Crippen MR) is 93.1 cm³/mol. The summed E-state index contributed by atoms with van der Waals surface area (Å²) in [7, 11) is 1.55. The van der Waals surface area contributed by atoms with Crippen molar-refractivity contribution >= 4 is 11.7 Å². The molecule has 1 amide bonds. The van der Waals surface area contributed by atoms with Crippen LogP contribution in [0.25, 0.3) is 0 Å². The monoisotopic (exact) mass is 333 g/mol. The average Bonchev–Trinajstić information content (AvgIpc) is 3.08. The first-order valence-corrected chi connectivity index (χ1v) is 8.70. The molecular formula is C19H27NO4. The Labute approximate surface area is 143 Å². The molecule has 1 aliphatic carbocycles. The van der Waals surface area contributed by atoms with E-state index >= 15 is 0 Å². The normalized spacial score (nSPS) is 14.5. The summed E-state index contributed by atoms with van der Waals surface area (Å²) in [6.07, 6.45) is 4.49. The van der Waals surface area contributed by atoms with Crippen LogP contribution in [0.4, 0.5) is 0 Å². The van der Waals surface area contributed by atoms with Crippen molar-refractivity contribution in [3.8, 4) is 11.5 Å². The third kappa shape index (κ3) is 3.89. The molecule has 0 aromatic heterocycles. The summed E-state index contributed by atoms with van der Waals surface area (Å²) in [6.45, 7) is 6.50. The standard InChI is InChI=1S/C19H27NO4/c1-5-20(6-2)19(22)16-12-18(24-14-9-7-8-10-14)17(23-4)11-15(16)13(3)21/h11-12,14H,5-10H2,1-4H3. The number of ketones is 1. The van der Waals surface area contributed by atoms with E-state index in [-0.39, 0.29) is 17.8 Å². The summed E-state index contributed by atoms with van der Waals surface area (Å²) < 4.78 is 11.5. The van der Waals surface area contributed by atoms with Crippen molar-refractivity contribution in [3.63, 3.8) is 0 Å². The van der Waals surface area contributed by atoms with Crippen molar-refractivity contribution in [1.29, 1.82) is 0 Å². The molecule has 0 N–H and O–H groups in total. The topological polar surface area (TPSA) is 55.8 Å². The van der Waals surface area contributed by atoms with Crippen LogP contribution in [0, 0.1) is 0 Å². The van der Waals surface area contributed by atoms with Gasteiger partial charge in [-0.15, -0.1) is 0 Å². The summed E-state index contributed by atoms with van der Waals surface area (Å²) in [4.78, 5) is 26.5. The molecular weight excluding hydrogens is 306 g/mol. The van der Waals surface area contributed by atoms with Crippen molar-refractivity contribution in [3.05, 3.63) is 23.3 Å². The minimum atomic E-state index is -0.156. The first-order chi connectivity index (χ1) is 11.5. The first-order valence-electron chi connectivity index (χ1n) is 8.70. The van der Waals surface area contributed by atoms with Crippen LogP contribution in [-0.2, 0) is 0 Å². The van der Waals surface area contributed by atoms with E-state index < -0.39 is 0 Å². The molecule has 1 aromatic rings. The lowest BCUT2D eigenvalue weighted by atomic mass is 10.0. The molecule has 0 unspecified atom stereocenters. The molecule has 24 heavy (non-hydrogen) atoms. The number of rotatable bonds is 7. The van der Waals surface area contributed by atoms with E-state index in [1.54, 1.807) is 24.1 Å². The number of ether oxygens (including phenoxy) is 2. The van der Waals surface area contributed by atoms with Crippen LogP contribution >= 0.6 is 0 Å². The van der Waals surface area contributed by atoms with Gasteiger partial charge in [0, 0.05) is 18.7 Å². The molecule has 0 atom stereocenters. The Morgan fingerprint density at radius 1 is 1.08 bits per heavy atom. The lowest BCUT2D eigenvalue weighted by molar-refractivity contribution is 0.0766. The van der Waals surface area contributed by atoms with Gasteiger partial charge in [0.05, 0.1) is 18.8 Å². The molecule has 0 spiro atoms. The second-order valence-corrected chi connectivity index (χ2v) is 6.11. The summed E-state index contributed by atoms with van der Waals surface area (Å²) in [5.74, 6) is 0.744. The first kappa shape index (κ1) is 18.3. The third-order valence-corrected chi connectivity index (χ3v) is 4.56. The molecule has 132 valence electrons. The van der Waals surface area contributed by atoms with E-state index in [9.17, 15) is 9.59 Å². The summed E-state index contributed by atoms with van der Waals surface area (Å²) in [6, 6.07) is 3.30. The van der Waals surface area contributed by atoms with Crippen molar-refractivity contribution in [2.24, 2.45) is 0 Å². The molecule has 0 aliphatic heterocycles. The van der Waals surface area contributed by atoms with Gasteiger partial charge in [-0.2, -0.15) is 0 Å². The maximum Gasteiger partial charge on any atom is 0.254 e. The lowest BCUT2D eigenvalue weighted by Crippen LogP contribution is -2.31. The van der Waals surface area contributed by atoms with Gasteiger partial charge in [0.1, 0.15) is 0 Å². The molecule has 0 bridgehead atoms. The number of benzene rings is 1. The van der Waals surface area contributed by atoms with E-state index in [2.05, 4.69) is 0 Å². The zero-order valence-corrected chi connectivity index (χ0v) is 15.1. The number of amides is 1. The molecule has 1 saturated carbocycles. The van der Waals surface area contributed by atoms with Crippen LogP contribution in [0.15, 0.2) is 12.1 Å². The Morgan fingerprint density at radius 2 is 1.67 bits per heavy atom. The van der Waals surface area contributed by atoms with Gasteiger partial charge in [0.15, 0.2) is 17.3 Å². The maximum atomic E-state index is 12.8. The molecule has 1 aromatic carbocycles. The van der Waals surface area contributed by atoms with E-state index in [4.69, 9.17) is 9.47 Å². The van der Waals surface area contributed by atoms with Crippen LogP contribution in [-0.4, -0.2) is 42.9 Å². The fourth-order valence-electron chi connectivity index (χ4n) is 3.15. The fourth-order valence-corrected chi connectivity index (χ4v) is 3.15. The van der Waals surface area contributed by atoms with Crippen LogP contribution in [0.3, 0.4) is 0 Å². The van der Waals surface area contributed by atoms with E-state index in [0.717, 1.165) is 25.7 Å². The molecule has 0 saturated heterocycles. The van der Waals surface area contributed by atoms with Gasteiger partial charge < -0.3 is 14.4 Å². The van der Waals surface area contributed by atoms with E-state index in [1.165, 1.54) is 6.92 Å². The highest BCUT2D eigenvalue weighted by molar-refractivity contribution is 6.08. The summed E-state index contributed by atoms with van der Waals surface area (Å²) in [5.41, 5.74) is 0.766. The zero-order chi connectivity index (χ0) is 17.7. The Balaban J connectivity index is 2.45. The van der Waals surface area contributed by atoms with Crippen molar-refractivity contribution in [1.82, 2.24) is 4.90 Å². The molecule has 2 rings (SSSR count). The third-order valence-electron chi connectivity index (χ3n) is 4.56. The molecule has 5 nitrogen and oxygen atoms in total. The number of nitrogens with zero attached hydrogens (tertiary/aromatic N) is 1. The lowest BCUT2D eigenvalue weighted by Gasteiger charge is -2.22. The van der Waals surface area contributed by atoms with Gasteiger partial charge >= 0.3 is 0 Å². The van der Waals surface area contributed by atoms with Crippen molar-refractivity contribution in [2.75, 3.05) is 20.2 Å². The van der Waals surface area contributed by atoms with Crippen molar-refractivity contribution in [2.45, 2.75) is 52.6 Å². The van der Waals surface area contributed by atoms with Gasteiger partial charge in [0.2, 0.25) is 0 Å². The molecule has 1 aliphatic rings. The predicted octanol–water partition coefficient (Wildman–Crippen LogP) is 3.70. The van der Waals surface area contributed by atoms with E-state index in [1.807, 2.05) is 13.8 Å². The van der Waals surface area contributed by atoms with Gasteiger partial charge in [-0.3, -0.25) is 9.59 Å². The smallest absolute Gasteiger partial charge is 0.254 e. The number of carbonyl (C=O) groups is 2. The molecule has 5 heteroatoms. The van der Waals surface area contributed by atoms with Gasteiger partial charge in [-0.25, -0.2) is 0 Å². The average molecular weight is 333 g/mol. The number of carbonyl (C=O) groups excluding carboxylic acids is 2. The highest BCUT2D eigenvalue weighted by Gasteiger charge is 2.24. The Bertz CT molecular complexity index is 602. The minimum Gasteiger partial charge on any atom is -0.493 e. The molecule has 0 heterocycles. The molecule has 0 radical (unpaired) electrons. The minimum absolute atomic E-state index is 0.149. The van der Waals surface area contributed by atoms with Crippen molar-refractivity contribution < 1.29 is 19.1 Å². The second kappa shape index (κ2) is 8.18. The zero-order valence-electron chi connectivity index (χ0n) is 15.1. The van der Waals surface area contributed by atoms with Crippen LogP contribution in [0.2, 0.25) is 0 Å². The highest BCUT2D eigenvalue weighted by Crippen LogP contribution is 2.35. The van der Waals surface area contributed by atoms with Gasteiger partial charge in [-0.05, 0) is 58.6 Å².